The van der Waals surface area contributed by atoms with Gasteiger partial charge in [0.15, 0.2) is 5.78 Å². The fourth-order valence-corrected chi connectivity index (χ4v) is 2.91. The normalized spacial score (nSPS) is 28.0. The molecule has 1 aromatic heterocycles. The maximum absolute atomic E-state index is 12.8. The Morgan fingerprint density at radius 2 is 2.33 bits per heavy atom. The first-order chi connectivity index (χ1) is 8.38. The molecule has 0 saturated heterocycles. The van der Waals surface area contributed by atoms with Crippen molar-refractivity contribution >= 4 is 17.4 Å². The highest BCUT2D eigenvalue weighted by Crippen LogP contribution is 2.40. The number of rotatable bonds is 3. The summed E-state index contributed by atoms with van der Waals surface area (Å²) in [6.45, 7) is 5.91. The Kier molecular flexibility index (Phi) is 3.52. The minimum atomic E-state index is -0.504. The zero-order valence-corrected chi connectivity index (χ0v) is 11.9. The molecule has 0 radical (unpaired) electrons. The number of halogens is 1. The number of hydrogen-bond donors (Lipinski definition) is 1. The van der Waals surface area contributed by atoms with Crippen LogP contribution in [0.3, 0.4) is 0 Å². The van der Waals surface area contributed by atoms with Crippen LogP contribution in [0.25, 0.3) is 0 Å². The Morgan fingerprint density at radius 1 is 1.67 bits per heavy atom. The largest absolute Gasteiger partial charge is 0.327 e. The van der Waals surface area contributed by atoms with Gasteiger partial charge in [0.05, 0.1) is 11.2 Å². The van der Waals surface area contributed by atoms with Gasteiger partial charge >= 0.3 is 0 Å². The van der Waals surface area contributed by atoms with Crippen LogP contribution >= 0.6 is 11.6 Å². The number of Topliss-reactive ketones (excluding diaryl/α,β-unsaturated/α-hetero) is 1. The Morgan fingerprint density at radius 3 is 2.83 bits per heavy atom. The van der Waals surface area contributed by atoms with Crippen molar-refractivity contribution in [3.8, 4) is 0 Å². The minimum absolute atomic E-state index is 0.0312. The van der Waals surface area contributed by atoms with Gasteiger partial charge in [0.2, 0.25) is 0 Å². The van der Waals surface area contributed by atoms with Crippen molar-refractivity contribution in [3.63, 3.8) is 0 Å². The molecule has 18 heavy (non-hydrogen) atoms. The summed E-state index contributed by atoms with van der Waals surface area (Å²) in [4.78, 5) is 12.8. The molecule has 4 nitrogen and oxygen atoms in total. The average Bonchev–Trinajstić information content (AvgIpc) is 2.83. The molecule has 0 aromatic carbocycles. The summed E-state index contributed by atoms with van der Waals surface area (Å²) in [5.74, 6) is 0.0312. The van der Waals surface area contributed by atoms with Crippen LogP contribution in [0, 0.1) is 5.41 Å². The zero-order valence-electron chi connectivity index (χ0n) is 11.1. The second-order valence-electron chi connectivity index (χ2n) is 5.62. The Bertz CT molecular complexity index is 469. The quantitative estimate of drug-likeness (QED) is 0.859. The van der Waals surface area contributed by atoms with E-state index in [4.69, 9.17) is 17.3 Å². The number of carbonyl (C=O) groups is 1. The fraction of sp³-hybridized carbons (Fsp3) is 0.692. The lowest BCUT2D eigenvalue weighted by atomic mass is 9.79. The first-order valence-corrected chi connectivity index (χ1v) is 6.79. The standard InChI is InChI=1S/C13H20ClN3O/c1-8(2)17-11(9(14)7-16-17)12(18)13(3)6-4-5-10(13)15/h7-8,10H,4-6,15H2,1-3H3. The molecule has 100 valence electrons. The van der Waals surface area contributed by atoms with E-state index in [9.17, 15) is 4.79 Å². The van der Waals surface area contributed by atoms with Crippen molar-refractivity contribution in [1.29, 1.82) is 0 Å². The van der Waals surface area contributed by atoms with Crippen LogP contribution < -0.4 is 5.73 Å². The second kappa shape index (κ2) is 4.67. The van der Waals surface area contributed by atoms with E-state index in [1.807, 2.05) is 20.8 Å². The molecule has 0 spiro atoms. The molecule has 1 saturated carbocycles. The molecule has 1 aliphatic rings. The molecule has 1 heterocycles. The van der Waals surface area contributed by atoms with Crippen molar-refractivity contribution in [2.75, 3.05) is 0 Å². The number of carbonyl (C=O) groups excluding carboxylic acids is 1. The Labute approximate surface area is 112 Å². The first kappa shape index (κ1) is 13.6. The van der Waals surface area contributed by atoms with Crippen molar-refractivity contribution in [2.24, 2.45) is 11.1 Å². The van der Waals surface area contributed by atoms with Gasteiger partial charge < -0.3 is 5.73 Å². The average molecular weight is 270 g/mol. The number of hydrogen-bond acceptors (Lipinski definition) is 3. The van der Waals surface area contributed by atoms with Crippen LogP contribution in [0.5, 0.6) is 0 Å². The van der Waals surface area contributed by atoms with E-state index in [1.165, 1.54) is 0 Å². The third kappa shape index (κ3) is 1.97. The molecular formula is C13H20ClN3O. The molecule has 1 fully saturated rings. The van der Waals surface area contributed by atoms with Crippen LogP contribution in [0.2, 0.25) is 5.02 Å². The minimum Gasteiger partial charge on any atom is -0.327 e. The predicted molar refractivity (Wildman–Crippen MR) is 71.9 cm³/mol. The van der Waals surface area contributed by atoms with Crippen molar-refractivity contribution < 1.29 is 4.79 Å². The summed E-state index contributed by atoms with van der Waals surface area (Å²) in [5, 5.41) is 4.61. The summed E-state index contributed by atoms with van der Waals surface area (Å²) in [6.07, 6.45) is 4.26. The Balaban J connectivity index is 2.43. The molecule has 1 aromatic rings. The van der Waals surface area contributed by atoms with Crippen molar-refractivity contribution in [2.45, 2.75) is 52.1 Å². The van der Waals surface area contributed by atoms with Gasteiger partial charge in [-0.05, 0) is 26.7 Å². The topological polar surface area (TPSA) is 60.9 Å². The van der Waals surface area contributed by atoms with Gasteiger partial charge in [-0.15, -0.1) is 0 Å². The third-order valence-corrected chi connectivity index (χ3v) is 4.28. The number of nitrogens with two attached hydrogens (primary N) is 1. The molecule has 5 heteroatoms. The van der Waals surface area contributed by atoms with Gasteiger partial charge in [-0.2, -0.15) is 5.10 Å². The van der Waals surface area contributed by atoms with Crippen LogP contribution in [0.1, 0.15) is 56.6 Å². The van der Waals surface area contributed by atoms with Gasteiger partial charge in [0.25, 0.3) is 0 Å². The molecule has 2 N–H and O–H groups in total. The van der Waals surface area contributed by atoms with Crippen LogP contribution in [0.15, 0.2) is 6.20 Å². The lowest BCUT2D eigenvalue weighted by Crippen LogP contribution is -2.42. The predicted octanol–water partition coefficient (Wildman–Crippen LogP) is 2.82. The smallest absolute Gasteiger partial charge is 0.189 e. The van der Waals surface area contributed by atoms with Gasteiger partial charge in [0, 0.05) is 17.5 Å². The zero-order chi connectivity index (χ0) is 13.5. The molecule has 0 amide bonds. The molecule has 1 aliphatic carbocycles. The highest BCUT2D eigenvalue weighted by molar-refractivity contribution is 6.33. The molecule has 0 aliphatic heterocycles. The van der Waals surface area contributed by atoms with Crippen LogP contribution in [0.4, 0.5) is 0 Å². The Hall–Kier alpha value is -0.870. The number of ketones is 1. The van der Waals surface area contributed by atoms with Gasteiger partial charge in [-0.1, -0.05) is 24.9 Å². The maximum Gasteiger partial charge on any atom is 0.189 e. The summed E-state index contributed by atoms with van der Waals surface area (Å²) >= 11 is 6.13. The highest BCUT2D eigenvalue weighted by atomic mass is 35.5. The summed E-state index contributed by atoms with van der Waals surface area (Å²) < 4.78 is 1.70. The fourth-order valence-electron chi connectivity index (χ4n) is 2.69. The van der Waals surface area contributed by atoms with E-state index in [2.05, 4.69) is 5.10 Å². The van der Waals surface area contributed by atoms with Crippen LogP contribution in [-0.2, 0) is 0 Å². The third-order valence-electron chi connectivity index (χ3n) is 4.00. The molecule has 2 unspecified atom stereocenters. The van der Waals surface area contributed by atoms with E-state index in [0.29, 0.717) is 10.7 Å². The molecule has 2 rings (SSSR count). The molecular weight excluding hydrogens is 250 g/mol. The monoisotopic (exact) mass is 269 g/mol. The number of aromatic nitrogens is 2. The summed E-state index contributed by atoms with van der Waals surface area (Å²) in [6, 6.07) is 0.0225. The second-order valence-corrected chi connectivity index (χ2v) is 6.03. The van der Waals surface area contributed by atoms with E-state index in [-0.39, 0.29) is 17.9 Å². The van der Waals surface area contributed by atoms with Gasteiger partial charge in [-0.25, -0.2) is 0 Å². The summed E-state index contributed by atoms with van der Waals surface area (Å²) in [5.41, 5.74) is 6.11. The molecule has 2 atom stereocenters. The summed E-state index contributed by atoms with van der Waals surface area (Å²) in [7, 11) is 0. The highest BCUT2D eigenvalue weighted by Gasteiger charge is 2.45. The van der Waals surface area contributed by atoms with E-state index in [1.54, 1.807) is 10.9 Å². The maximum atomic E-state index is 12.8. The van der Waals surface area contributed by atoms with E-state index in [0.717, 1.165) is 19.3 Å². The van der Waals surface area contributed by atoms with Crippen LogP contribution in [-0.4, -0.2) is 21.6 Å². The number of nitrogens with zero attached hydrogens (tertiary/aromatic N) is 2. The lowest BCUT2D eigenvalue weighted by Gasteiger charge is -2.28. The van der Waals surface area contributed by atoms with E-state index < -0.39 is 5.41 Å². The van der Waals surface area contributed by atoms with Gasteiger partial charge in [-0.3, -0.25) is 9.48 Å². The molecule has 0 bridgehead atoms. The lowest BCUT2D eigenvalue weighted by molar-refractivity contribution is 0.0788. The first-order valence-electron chi connectivity index (χ1n) is 6.41. The van der Waals surface area contributed by atoms with Crippen molar-refractivity contribution in [3.05, 3.63) is 16.9 Å². The van der Waals surface area contributed by atoms with Crippen molar-refractivity contribution in [1.82, 2.24) is 9.78 Å². The van der Waals surface area contributed by atoms with Gasteiger partial charge in [0.1, 0.15) is 5.69 Å². The SMILES string of the molecule is CC(C)n1ncc(Cl)c1C(=O)C1(C)CCCC1N. The van der Waals surface area contributed by atoms with E-state index >= 15 is 0 Å².